The first-order chi connectivity index (χ1) is 17.6. The van der Waals surface area contributed by atoms with Crippen LogP contribution in [0.5, 0.6) is 17.4 Å². The first-order valence-corrected chi connectivity index (χ1v) is 11.9. The lowest BCUT2D eigenvalue weighted by atomic mass is 10.1. The molecule has 0 spiro atoms. The molecule has 1 fully saturated rings. The van der Waals surface area contributed by atoms with Crippen molar-refractivity contribution in [3.8, 4) is 17.4 Å². The van der Waals surface area contributed by atoms with E-state index in [1.165, 1.54) is 0 Å². The zero-order valence-corrected chi connectivity index (χ0v) is 21.0. The van der Waals surface area contributed by atoms with Crippen molar-refractivity contribution in [2.75, 3.05) is 70.4 Å². The van der Waals surface area contributed by atoms with Crippen molar-refractivity contribution in [1.82, 2.24) is 20.1 Å². The largest absolute Gasteiger partial charge is 0.493 e. The topological polar surface area (TPSA) is 93.2 Å². The number of nitrogens with zero attached hydrogens (tertiary/aromatic N) is 6. The fourth-order valence-electron chi connectivity index (χ4n) is 3.97. The Morgan fingerprint density at radius 1 is 0.917 bits per heavy atom. The number of piperazine rings is 1. The molecule has 2 aromatic heterocycles. The van der Waals surface area contributed by atoms with Crippen LogP contribution in [-0.4, -0.2) is 86.6 Å². The van der Waals surface area contributed by atoms with E-state index in [0.29, 0.717) is 30.3 Å². The first kappa shape index (κ1) is 25.0. The molecule has 3 heterocycles. The van der Waals surface area contributed by atoms with Gasteiger partial charge in [0.15, 0.2) is 23.9 Å². The molecule has 0 bridgehead atoms. The molecule has 0 saturated carbocycles. The molecule has 0 N–H and O–H groups in total. The van der Waals surface area contributed by atoms with Crippen molar-refractivity contribution in [3.05, 3.63) is 60.3 Å². The Labute approximate surface area is 211 Å². The second-order valence-electron chi connectivity index (χ2n) is 8.44. The Balaban J connectivity index is 1.21. The molecular weight excluding hydrogens is 460 g/mol. The Kier molecular flexibility index (Phi) is 8.38. The highest BCUT2D eigenvalue weighted by molar-refractivity contribution is 5.77. The second-order valence-corrected chi connectivity index (χ2v) is 8.44. The van der Waals surface area contributed by atoms with Crippen molar-refractivity contribution in [1.29, 1.82) is 0 Å². The number of aromatic nitrogens is 3. The molecular formula is C26H32N6O4. The Morgan fingerprint density at radius 2 is 1.67 bits per heavy atom. The SMILES string of the molecule is COc1ccc(CCN(C)C(=O)COc2ccc(N3CCN(c4ccccn4)CC3)nn2)cc1OC. The van der Waals surface area contributed by atoms with Gasteiger partial charge >= 0.3 is 0 Å². The lowest BCUT2D eigenvalue weighted by molar-refractivity contribution is -0.132. The third kappa shape index (κ3) is 6.32. The molecule has 0 unspecified atom stereocenters. The highest BCUT2D eigenvalue weighted by Gasteiger charge is 2.19. The van der Waals surface area contributed by atoms with Crippen molar-refractivity contribution in [2.24, 2.45) is 0 Å². The molecule has 1 saturated heterocycles. The maximum atomic E-state index is 12.5. The van der Waals surface area contributed by atoms with Gasteiger partial charge in [0.2, 0.25) is 5.88 Å². The molecule has 4 rings (SSSR count). The summed E-state index contributed by atoms with van der Waals surface area (Å²) in [7, 11) is 4.96. The van der Waals surface area contributed by atoms with Gasteiger partial charge in [-0.3, -0.25) is 4.79 Å². The highest BCUT2D eigenvalue weighted by Crippen LogP contribution is 2.27. The number of carbonyl (C=O) groups excluding carboxylic acids is 1. The van der Waals surface area contributed by atoms with Gasteiger partial charge in [0.1, 0.15) is 5.82 Å². The van der Waals surface area contributed by atoms with Crippen LogP contribution in [0.25, 0.3) is 0 Å². The summed E-state index contributed by atoms with van der Waals surface area (Å²) < 4.78 is 16.2. The molecule has 10 nitrogen and oxygen atoms in total. The minimum absolute atomic E-state index is 0.0980. The average molecular weight is 493 g/mol. The van der Waals surface area contributed by atoms with E-state index in [0.717, 1.165) is 43.4 Å². The minimum Gasteiger partial charge on any atom is -0.493 e. The molecule has 3 aromatic rings. The summed E-state index contributed by atoms with van der Waals surface area (Å²) in [6, 6.07) is 15.3. The van der Waals surface area contributed by atoms with Gasteiger partial charge in [0, 0.05) is 52.0 Å². The summed E-state index contributed by atoms with van der Waals surface area (Å²) in [5.41, 5.74) is 1.05. The number of rotatable bonds is 10. The van der Waals surface area contributed by atoms with E-state index < -0.39 is 0 Å². The number of amides is 1. The summed E-state index contributed by atoms with van der Waals surface area (Å²) in [5, 5.41) is 8.45. The summed E-state index contributed by atoms with van der Waals surface area (Å²) in [5.74, 6) is 3.33. The summed E-state index contributed by atoms with van der Waals surface area (Å²) >= 11 is 0. The summed E-state index contributed by atoms with van der Waals surface area (Å²) in [4.78, 5) is 23.0. The molecule has 1 amide bonds. The maximum absolute atomic E-state index is 12.5. The van der Waals surface area contributed by atoms with E-state index in [2.05, 4.69) is 25.0 Å². The standard InChI is InChI=1S/C26H32N6O4/c1-30(13-11-20-7-8-21(34-2)22(18-20)35-3)26(33)19-36-25-10-9-24(28-29-25)32-16-14-31(15-17-32)23-6-4-5-12-27-23/h4-10,12,18H,11,13-17,19H2,1-3H3. The van der Waals surface area contributed by atoms with Crippen LogP contribution >= 0.6 is 0 Å². The monoisotopic (exact) mass is 492 g/mol. The van der Waals surface area contributed by atoms with E-state index in [-0.39, 0.29) is 12.5 Å². The number of likely N-dealkylation sites (N-methyl/N-ethyl adjacent to an activating group) is 1. The molecule has 0 atom stereocenters. The van der Waals surface area contributed by atoms with Crippen molar-refractivity contribution in [2.45, 2.75) is 6.42 Å². The minimum atomic E-state index is -0.132. The zero-order valence-electron chi connectivity index (χ0n) is 21.0. The van der Waals surface area contributed by atoms with Gasteiger partial charge in [0.05, 0.1) is 14.2 Å². The van der Waals surface area contributed by atoms with Crippen molar-refractivity contribution < 1.29 is 19.0 Å². The number of hydrogen-bond acceptors (Lipinski definition) is 9. The van der Waals surface area contributed by atoms with Crippen molar-refractivity contribution >= 4 is 17.5 Å². The Hall–Kier alpha value is -4.08. The number of anilines is 2. The van der Waals surface area contributed by atoms with Crippen LogP contribution < -0.4 is 24.0 Å². The Morgan fingerprint density at radius 3 is 2.31 bits per heavy atom. The van der Waals surface area contributed by atoms with Crippen LogP contribution in [0.3, 0.4) is 0 Å². The molecule has 0 radical (unpaired) electrons. The predicted octanol–water partition coefficient (Wildman–Crippen LogP) is 2.30. The maximum Gasteiger partial charge on any atom is 0.260 e. The fraction of sp³-hybridized carbons (Fsp3) is 0.385. The number of pyridine rings is 1. The third-order valence-corrected chi connectivity index (χ3v) is 6.16. The average Bonchev–Trinajstić information content (AvgIpc) is 2.95. The number of methoxy groups -OCH3 is 2. The number of benzene rings is 1. The second kappa shape index (κ2) is 12.1. The van der Waals surface area contributed by atoms with Gasteiger partial charge in [-0.15, -0.1) is 10.2 Å². The van der Waals surface area contributed by atoms with Crippen LogP contribution in [-0.2, 0) is 11.2 Å². The molecule has 190 valence electrons. The fourth-order valence-corrected chi connectivity index (χ4v) is 3.97. The number of carbonyl (C=O) groups is 1. The third-order valence-electron chi connectivity index (χ3n) is 6.16. The molecule has 1 aliphatic rings. The van der Waals surface area contributed by atoms with Gasteiger partial charge in [0.25, 0.3) is 5.91 Å². The molecule has 36 heavy (non-hydrogen) atoms. The summed E-state index contributed by atoms with van der Waals surface area (Å²) in [6.07, 6.45) is 2.50. The molecule has 10 heteroatoms. The van der Waals surface area contributed by atoms with Crippen LogP contribution in [0.1, 0.15) is 5.56 Å². The first-order valence-electron chi connectivity index (χ1n) is 11.9. The lowest BCUT2D eigenvalue weighted by Gasteiger charge is -2.35. The summed E-state index contributed by atoms with van der Waals surface area (Å²) in [6.45, 7) is 3.83. The van der Waals surface area contributed by atoms with Crippen molar-refractivity contribution in [3.63, 3.8) is 0 Å². The van der Waals surface area contributed by atoms with Crippen LogP contribution in [0.15, 0.2) is 54.7 Å². The molecule has 0 aliphatic carbocycles. The van der Waals surface area contributed by atoms with E-state index in [4.69, 9.17) is 14.2 Å². The number of hydrogen-bond donors (Lipinski definition) is 0. The smallest absolute Gasteiger partial charge is 0.260 e. The van der Waals surface area contributed by atoms with Crippen LogP contribution in [0.2, 0.25) is 0 Å². The van der Waals surface area contributed by atoms with E-state index in [9.17, 15) is 4.79 Å². The zero-order chi connectivity index (χ0) is 25.3. The number of ether oxygens (including phenoxy) is 3. The van der Waals surface area contributed by atoms with Gasteiger partial charge in [-0.25, -0.2) is 4.98 Å². The quantitative estimate of drug-likeness (QED) is 0.423. The Bertz CT molecular complexity index is 1120. The molecule has 1 aromatic carbocycles. The lowest BCUT2D eigenvalue weighted by Crippen LogP contribution is -2.47. The van der Waals surface area contributed by atoms with Gasteiger partial charge in [-0.1, -0.05) is 12.1 Å². The van der Waals surface area contributed by atoms with E-state index in [1.807, 2.05) is 48.7 Å². The van der Waals surface area contributed by atoms with E-state index in [1.54, 1.807) is 32.2 Å². The predicted molar refractivity (Wildman–Crippen MR) is 137 cm³/mol. The van der Waals surface area contributed by atoms with Crippen LogP contribution in [0, 0.1) is 0 Å². The van der Waals surface area contributed by atoms with Gasteiger partial charge in [-0.05, 0) is 42.3 Å². The normalized spacial score (nSPS) is 13.3. The molecule has 1 aliphatic heterocycles. The van der Waals surface area contributed by atoms with Gasteiger partial charge in [-0.2, -0.15) is 0 Å². The van der Waals surface area contributed by atoms with Crippen LogP contribution in [0.4, 0.5) is 11.6 Å². The highest BCUT2D eigenvalue weighted by atomic mass is 16.5. The van der Waals surface area contributed by atoms with Gasteiger partial charge < -0.3 is 28.9 Å². The van der Waals surface area contributed by atoms with E-state index >= 15 is 0 Å².